The number of carboxylic acids is 1. The van der Waals surface area contributed by atoms with E-state index < -0.39 is 35.0 Å². The maximum Gasteiger partial charge on any atom is 1.00 e. The van der Waals surface area contributed by atoms with Gasteiger partial charge in [-0.3, -0.25) is 0 Å². The van der Waals surface area contributed by atoms with E-state index in [1.807, 2.05) is 0 Å². The molecular formula is C25H16ClF5NNaO3. The summed E-state index contributed by atoms with van der Waals surface area (Å²) in [5, 5.41) is 11.7. The standard InChI is InChI=1S/C25H17ClF5NO3.Na/c26-15-5-7-23(35-12-13-4-6-19(27)20(28)8-13)18(11-15)16-2-1-3-17(16)21-9-14(25(29,30)31)10-22(32-21)24(33)34;/h4-11H,1-3,12H2,(H,33,34);/q;+1/p-1. The number of hydrogen-bond acceptors (Lipinski definition) is 4. The number of hydrogen-bond donors (Lipinski definition) is 0. The van der Waals surface area contributed by atoms with Crippen LogP contribution < -0.4 is 39.4 Å². The molecule has 0 aliphatic heterocycles. The molecule has 0 bridgehead atoms. The van der Waals surface area contributed by atoms with Crippen LogP contribution in [0.2, 0.25) is 5.02 Å². The molecule has 4 rings (SSSR count). The van der Waals surface area contributed by atoms with Crippen molar-refractivity contribution in [1.82, 2.24) is 4.98 Å². The minimum atomic E-state index is -4.78. The Morgan fingerprint density at radius 3 is 2.39 bits per heavy atom. The van der Waals surface area contributed by atoms with Gasteiger partial charge in [-0.05, 0) is 78.4 Å². The van der Waals surface area contributed by atoms with Crippen molar-refractivity contribution in [1.29, 1.82) is 0 Å². The van der Waals surface area contributed by atoms with Gasteiger partial charge in [0.05, 0.1) is 22.9 Å². The van der Waals surface area contributed by atoms with Gasteiger partial charge >= 0.3 is 35.7 Å². The van der Waals surface area contributed by atoms with Crippen LogP contribution in [0.15, 0.2) is 48.5 Å². The fourth-order valence-corrected chi connectivity index (χ4v) is 4.10. The van der Waals surface area contributed by atoms with Gasteiger partial charge in [0.15, 0.2) is 11.6 Å². The monoisotopic (exact) mass is 531 g/mol. The fourth-order valence-electron chi connectivity index (χ4n) is 3.93. The summed E-state index contributed by atoms with van der Waals surface area (Å²) < 4.78 is 72.8. The van der Waals surface area contributed by atoms with Crippen LogP contribution in [-0.2, 0) is 12.8 Å². The van der Waals surface area contributed by atoms with E-state index in [9.17, 15) is 31.9 Å². The normalized spacial score (nSPS) is 13.5. The van der Waals surface area contributed by atoms with Crippen LogP contribution in [0.1, 0.15) is 52.1 Å². The van der Waals surface area contributed by atoms with Crippen LogP contribution in [0.4, 0.5) is 22.0 Å². The number of ether oxygens (including phenoxy) is 1. The molecule has 1 aliphatic carbocycles. The minimum absolute atomic E-state index is 0. The van der Waals surface area contributed by atoms with Crippen LogP contribution in [-0.4, -0.2) is 11.0 Å². The van der Waals surface area contributed by atoms with E-state index in [1.165, 1.54) is 6.07 Å². The van der Waals surface area contributed by atoms with Crippen LogP contribution in [0.25, 0.3) is 11.1 Å². The molecule has 0 fully saturated rings. The van der Waals surface area contributed by atoms with E-state index >= 15 is 0 Å². The quantitative estimate of drug-likeness (QED) is 0.362. The van der Waals surface area contributed by atoms with Gasteiger partial charge < -0.3 is 14.6 Å². The first-order chi connectivity index (χ1) is 16.5. The van der Waals surface area contributed by atoms with Crippen LogP contribution in [0, 0.1) is 11.6 Å². The van der Waals surface area contributed by atoms with Gasteiger partial charge in [0.1, 0.15) is 12.4 Å². The van der Waals surface area contributed by atoms with Gasteiger partial charge in [-0.15, -0.1) is 0 Å². The third-order valence-corrected chi connectivity index (χ3v) is 5.77. The second-order valence-corrected chi connectivity index (χ2v) is 8.34. The smallest absolute Gasteiger partial charge is 0.543 e. The predicted molar refractivity (Wildman–Crippen MR) is 116 cm³/mol. The molecule has 0 spiro atoms. The fraction of sp³-hybridized carbons (Fsp3) is 0.200. The summed E-state index contributed by atoms with van der Waals surface area (Å²) >= 11 is 6.18. The van der Waals surface area contributed by atoms with E-state index in [0.717, 1.165) is 18.2 Å². The molecular weight excluding hydrogens is 516 g/mol. The molecule has 0 saturated heterocycles. The Morgan fingerprint density at radius 1 is 1.00 bits per heavy atom. The number of carbonyl (C=O) groups excluding carboxylic acids is 1. The van der Waals surface area contributed by atoms with E-state index in [0.29, 0.717) is 58.4 Å². The molecule has 1 aromatic heterocycles. The Labute approximate surface area is 230 Å². The van der Waals surface area contributed by atoms with Crippen molar-refractivity contribution in [3.8, 4) is 5.75 Å². The maximum atomic E-state index is 13.5. The number of benzene rings is 2. The van der Waals surface area contributed by atoms with Gasteiger partial charge in [0, 0.05) is 10.6 Å². The number of aromatic carboxylic acids is 1. The number of nitrogens with zero attached hydrogens (tertiary/aromatic N) is 1. The Hall–Kier alpha value is -2.46. The van der Waals surface area contributed by atoms with Gasteiger partial charge in [-0.2, -0.15) is 13.2 Å². The SMILES string of the molecule is O=C([O-])c1cc(C(F)(F)F)cc(C2=C(c3cc(Cl)ccc3OCc3ccc(F)c(F)c3)CCC2)n1.[Na+]. The maximum absolute atomic E-state index is 13.5. The molecule has 11 heteroatoms. The van der Waals surface area contributed by atoms with Crippen LogP contribution in [0.3, 0.4) is 0 Å². The number of carbonyl (C=O) groups is 1. The molecule has 3 aromatic rings. The molecule has 0 saturated carbocycles. The first kappa shape index (κ1) is 28.1. The molecule has 0 radical (unpaired) electrons. The van der Waals surface area contributed by atoms with E-state index in [-0.39, 0.29) is 41.9 Å². The van der Waals surface area contributed by atoms with E-state index in [2.05, 4.69) is 4.98 Å². The van der Waals surface area contributed by atoms with Gasteiger partial charge in [0.2, 0.25) is 0 Å². The molecule has 36 heavy (non-hydrogen) atoms. The topological polar surface area (TPSA) is 62.2 Å². The van der Waals surface area contributed by atoms with Crippen molar-refractivity contribution in [2.75, 3.05) is 0 Å². The number of pyridine rings is 1. The van der Waals surface area contributed by atoms with Crippen LogP contribution >= 0.6 is 11.6 Å². The number of carboxylic acid groups (broad SMARTS) is 1. The molecule has 1 heterocycles. The van der Waals surface area contributed by atoms with Crippen molar-refractivity contribution in [2.45, 2.75) is 32.0 Å². The zero-order valence-corrected chi connectivity index (χ0v) is 21.6. The molecule has 182 valence electrons. The Balaban J connectivity index is 0.00000361. The van der Waals surface area contributed by atoms with Crippen molar-refractivity contribution in [3.05, 3.63) is 93.3 Å². The number of alkyl halides is 3. The molecule has 2 aromatic carbocycles. The zero-order valence-electron chi connectivity index (χ0n) is 18.9. The van der Waals surface area contributed by atoms with Crippen molar-refractivity contribution in [2.24, 2.45) is 0 Å². The summed E-state index contributed by atoms with van der Waals surface area (Å²) in [4.78, 5) is 15.2. The van der Waals surface area contributed by atoms with Crippen molar-refractivity contribution >= 4 is 28.7 Å². The predicted octanol–water partition coefficient (Wildman–Crippen LogP) is 3.07. The third kappa shape index (κ3) is 6.26. The number of rotatable bonds is 6. The summed E-state index contributed by atoms with van der Waals surface area (Å²) in [6, 6.07) is 9.27. The largest absolute Gasteiger partial charge is 1.00 e. The van der Waals surface area contributed by atoms with Gasteiger partial charge in [0.25, 0.3) is 0 Å². The summed E-state index contributed by atoms with van der Waals surface area (Å²) in [7, 11) is 0. The summed E-state index contributed by atoms with van der Waals surface area (Å²) in [5.74, 6) is -3.52. The van der Waals surface area contributed by atoms with Crippen molar-refractivity contribution < 1.29 is 66.1 Å². The molecule has 0 unspecified atom stereocenters. The van der Waals surface area contributed by atoms with Crippen molar-refractivity contribution in [3.63, 3.8) is 0 Å². The summed E-state index contributed by atoms with van der Waals surface area (Å²) in [5.41, 5.74) is -0.221. The molecule has 0 atom stereocenters. The number of aromatic nitrogens is 1. The Kier molecular flexibility index (Phi) is 8.82. The van der Waals surface area contributed by atoms with Gasteiger partial charge in [-0.1, -0.05) is 17.7 Å². The average Bonchev–Trinajstić information content (AvgIpc) is 3.29. The summed E-state index contributed by atoms with van der Waals surface area (Å²) in [6.07, 6.45) is -3.39. The first-order valence-corrected chi connectivity index (χ1v) is 10.8. The average molecular weight is 532 g/mol. The van der Waals surface area contributed by atoms with Gasteiger partial charge in [-0.25, -0.2) is 13.8 Å². The molecule has 0 N–H and O–H groups in total. The second kappa shape index (κ2) is 11.3. The molecule has 0 amide bonds. The molecule has 1 aliphatic rings. The minimum Gasteiger partial charge on any atom is -0.543 e. The molecule has 4 nitrogen and oxygen atoms in total. The zero-order chi connectivity index (χ0) is 25.3. The van der Waals surface area contributed by atoms with E-state index in [1.54, 1.807) is 18.2 Å². The summed E-state index contributed by atoms with van der Waals surface area (Å²) in [6.45, 7) is -0.106. The first-order valence-electron chi connectivity index (χ1n) is 10.4. The Morgan fingerprint density at radius 2 is 1.72 bits per heavy atom. The van der Waals surface area contributed by atoms with Crippen LogP contribution in [0.5, 0.6) is 5.75 Å². The Bertz CT molecular complexity index is 1340. The number of halogens is 6. The number of allylic oxidation sites excluding steroid dienone is 2. The third-order valence-electron chi connectivity index (χ3n) is 5.53. The second-order valence-electron chi connectivity index (χ2n) is 7.90. The van der Waals surface area contributed by atoms with E-state index in [4.69, 9.17) is 16.3 Å².